The molecule has 1 amide bonds. The van der Waals surface area contributed by atoms with Crippen LogP contribution in [0.1, 0.15) is 278 Å². The molecule has 0 saturated heterocycles. The van der Waals surface area contributed by atoms with Crippen molar-refractivity contribution in [1.29, 1.82) is 0 Å². The molecule has 0 spiro atoms. The first-order valence-electron chi connectivity index (χ1n) is 25.4. The van der Waals surface area contributed by atoms with Crippen LogP contribution in [0.3, 0.4) is 0 Å². The summed E-state index contributed by atoms with van der Waals surface area (Å²) in [5, 5.41) is 23.7. The van der Waals surface area contributed by atoms with E-state index in [1.54, 1.807) is 0 Å². The van der Waals surface area contributed by atoms with Crippen LogP contribution in [0.15, 0.2) is 12.2 Å². The summed E-state index contributed by atoms with van der Waals surface area (Å²) >= 11 is 0. The molecule has 0 aliphatic rings. The third-order valence-electron chi connectivity index (χ3n) is 11.8. The predicted molar refractivity (Wildman–Crippen MR) is 246 cm³/mol. The van der Waals surface area contributed by atoms with Gasteiger partial charge in [0.25, 0.3) is 0 Å². The van der Waals surface area contributed by atoms with Crippen molar-refractivity contribution in [2.24, 2.45) is 0 Å². The number of allylic oxidation sites excluding steroid dienone is 2. The lowest BCUT2D eigenvalue weighted by Crippen LogP contribution is -2.46. The first kappa shape index (κ1) is 55.6. The largest absolute Gasteiger partial charge is 0.462 e. The number of amides is 1. The molecule has 3 N–H and O–H groups in total. The summed E-state index contributed by atoms with van der Waals surface area (Å²) in [5.74, 6) is -0.488. The van der Waals surface area contributed by atoms with Gasteiger partial charge in [-0.2, -0.15) is 0 Å². The van der Waals surface area contributed by atoms with E-state index in [-0.39, 0.29) is 24.9 Å². The van der Waals surface area contributed by atoms with E-state index < -0.39 is 18.2 Å². The molecule has 57 heavy (non-hydrogen) atoms. The number of rotatable bonds is 46. The smallest absolute Gasteiger partial charge is 0.306 e. The molecule has 338 valence electrons. The van der Waals surface area contributed by atoms with Crippen LogP contribution in [-0.2, 0) is 14.3 Å². The summed E-state index contributed by atoms with van der Waals surface area (Å²) < 4.78 is 5.90. The molecule has 3 unspecified atom stereocenters. The fourth-order valence-corrected chi connectivity index (χ4v) is 7.96. The average molecular weight is 806 g/mol. The minimum atomic E-state index is -0.787. The minimum absolute atomic E-state index is 0.0634. The van der Waals surface area contributed by atoms with Crippen molar-refractivity contribution in [3.05, 3.63) is 12.2 Å². The quantitative estimate of drug-likeness (QED) is 0.0323. The Morgan fingerprint density at radius 2 is 0.860 bits per heavy atom. The van der Waals surface area contributed by atoms with Gasteiger partial charge in [0.05, 0.1) is 25.2 Å². The number of hydrogen-bond acceptors (Lipinski definition) is 5. The summed E-state index contributed by atoms with van der Waals surface area (Å²) in [6.07, 6.45) is 49.9. The summed E-state index contributed by atoms with van der Waals surface area (Å²) in [6, 6.07) is -0.702. The fourth-order valence-electron chi connectivity index (χ4n) is 7.96. The van der Waals surface area contributed by atoms with Crippen LogP contribution in [0.2, 0.25) is 0 Å². The van der Waals surface area contributed by atoms with Gasteiger partial charge < -0.3 is 20.3 Å². The van der Waals surface area contributed by atoms with Crippen LogP contribution in [-0.4, -0.2) is 46.9 Å². The number of hydrogen-bond donors (Lipinski definition) is 3. The molecule has 0 bridgehead atoms. The summed E-state index contributed by atoms with van der Waals surface area (Å²) in [7, 11) is 0. The number of carbonyl (C=O) groups is 2. The van der Waals surface area contributed by atoms with E-state index in [0.29, 0.717) is 19.3 Å². The maximum atomic E-state index is 13.2. The molecular weight excluding hydrogens is 707 g/mol. The SMILES string of the molecule is CCCCCCCC/C=C\CCCC(CC(=O)NC(CO)C(O)CCCCCCCCCCCCCCCC)OC(=O)CCCCCCCCCCCCCCC. The zero-order valence-electron chi connectivity index (χ0n) is 38.5. The van der Waals surface area contributed by atoms with Gasteiger partial charge in [-0.25, -0.2) is 0 Å². The van der Waals surface area contributed by atoms with E-state index in [9.17, 15) is 19.8 Å². The van der Waals surface area contributed by atoms with Gasteiger partial charge in [-0.05, 0) is 44.9 Å². The van der Waals surface area contributed by atoms with E-state index >= 15 is 0 Å². The van der Waals surface area contributed by atoms with Gasteiger partial charge in [-0.1, -0.05) is 232 Å². The zero-order chi connectivity index (χ0) is 41.7. The second kappa shape index (κ2) is 45.7. The van der Waals surface area contributed by atoms with Gasteiger partial charge in [-0.3, -0.25) is 9.59 Å². The highest BCUT2D eigenvalue weighted by atomic mass is 16.5. The molecule has 0 fully saturated rings. The third kappa shape index (κ3) is 41.1. The van der Waals surface area contributed by atoms with E-state index in [1.807, 2.05) is 0 Å². The van der Waals surface area contributed by atoms with Crippen molar-refractivity contribution >= 4 is 11.9 Å². The van der Waals surface area contributed by atoms with Gasteiger partial charge in [0, 0.05) is 6.42 Å². The standard InChI is InChI=1S/C51H99NO5/c1-4-7-10-13-16-19-22-24-26-28-31-34-37-40-43-49(54)48(46-53)52-50(55)45-47(42-39-36-33-30-27-21-18-15-12-9-6-3)57-51(56)44-41-38-35-32-29-25-23-20-17-14-11-8-5-2/h30,33,47-49,53-54H,4-29,31-32,34-46H2,1-3H3,(H,52,55)/b33-30-. The second-order valence-electron chi connectivity index (χ2n) is 17.6. The predicted octanol–water partition coefficient (Wildman–Crippen LogP) is 15.0. The Balaban J connectivity index is 4.52. The fraction of sp³-hybridized carbons (Fsp3) is 0.922. The molecule has 0 aliphatic carbocycles. The van der Waals surface area contributed by atoms with Crippen LogP contribution in [0.4, 0.5) is 0 Å². The van der Waals surface area contributed by atoms with Crippen LogP contribution in [0.25, 0.3) is 0 Å². The summed E-state index contributed by atoms with van der Waals surface area (Å²) in [6.45, 7) is 6.48. The Kier molecular flexibility index (Phi) is 44.6. The van der Waals surface area contributed by atoms with Gasteiger partial charge in [0.1, 0.15) is 6.10 Å². The lowest BCUT2D eigenvalue weighted by atomic mass is 10.0. The lowest BCUT2D eigenvalue weighted by molar-refractivity contribution is -0.151. The minimum Gasteiger partial charge on any atom is -0.462 e. The highest BCUT2D eigenvalue weighted by Crippen LogP contribution is 2.18. The highest BCUT2D eigenvalue weighted by molar-refractivity contribution is 5.77. The lowest BCUT2D eigenvalue weighted by Gasteiger charge is -2.24. The summed E-state index contributed by atoms with van der Waals surface area (Å²) in [4.78, 5) is 26.0. The Morgan fingerprint density at radius 3 is 1.28 bits per heavy atom. The average Bonchev–Trinajstić information content (AvgIpc) is 3.20. The van der Waals surface area contributed by atoms with Gasteiger partial charge in [-0.15, -0.1) is 0 Å². The van der Waals surface area contributed by atoms with Crippen molar-refractivity contribution in [2.75, 3.05) is 6.61 Å². The number of carbonyl (C=O) groups excluding carboxylic acids is 2. The Hall–Kier alpha value is -1.40. The maximum Gasteiger partial charge on any atom is 0.306 e. The van der Waals surface area contributed by atoms with E-state index in [0.717, 1.165) is 51.4 Å². The van der Waals surface area contributed by atoms with Crippen molar-refractivity contribution in [1.82, 2.24) is 5.32 Å². The second-order valence-corrected chi connectivity index (χ2v) is 17.6. The van der Waals surface area contributed by atoms with Crippen LogP contribution in [0, 0.1) is 0 Å². The normalized spacial score (nSPS) is 13.3. The van der Waals surface area contributed by atoms with Crippen molar-refractivity contribution in [3.8, 4) is 0 Å². The van der Waals surface area contributed by atoms with Crippen molar-refractivity contribution < 1.29 is 24.5 Å². The first-order chi connectivity index (χ1) is 28.0. The van der Waals surface area contributed by atoms with Gasteiger partial charge in [0.15, 0.2) is 0 Å². The number of aliphatic hydroxyl groups is 2. The van der Waals surface area contributed by atoms with E-state index in [1.165, 1.54) is 180 Å². The highest BCUT2D eigenvalue weighted by Gasteiger charge is 2.24. The monoisotopic (exact) mass is 806 g/mol. The molecule has 6 heteroatoms. The van der Waals surface area contributed by atoms with E-state index in [4.69, 9.17) is 4.74 Å². The maximum absolute atomic E-state index is 13.2. The van der Waals surface area contributed by atoms with Gasteiger partial charge in [0.2, 0.25) is 5.91 Å². The first-order valence-corrected chi connectivity index (χ1v) is 25.4. The number of aliphatic hydroxyl groups excluding tert-OH is 2. The molecule has 0 saturated carbocycles. The molecule has 0 radical (unpaired) electrons. The van der Waals surface area contributed by atoms with Crippen LogP contribution in [0.5, 0.6) is 0 Å². The molecule has 3 atom stereocenters. The van der Waals surface area contributed by atoms with E-state index in [2.05, 4.69) is 38.2 Å². The van der Waals surface area contributed by atoms with Crippen LogP contribution < -0.4 is 5.32 Å². The molecule has 0 rings (SSSR count). The Labute approximate surface area is 355 Å². The number of nitrogens with one attached hydrogen (secondary N) is 1. The van der Waals surface area contributed by atoms with Crippen molar-refractivity contribution in [3.63, 3.8) is 0 Å². The van der Waals surface area contributed by atoms with Crippen LogP contribution >= 0.6 is 0 Å². The molecule has 0 aliphatic heterocycles. The van der Waals surface area contributed by atoms with Gasteiger partial charge >= 0.3 is 5.97 Å². The molecule has 0 aromatic rings. The van der Waals surface area contributed by atoms with Crippen molar-refractivity contribution in [2.45, 2.75) is 296 Å². The number of ether oxygens (including phenoxy) is 1. The Bertz CT molecular complexity index is 863. The number of unbranched alkanes of at least 4 members (excludes halogenated alkanes) is 32. The topological polar surface area (TPSA) is 95.9 Å². The summed E-state index contributed by atoms with van der Waals surface area (Å²) in [5.41, 5.74) is 0. The molecule has 0 aromatic carbocycles. The molecular formula is C51H99NO5. The third-order valence-corrected chi connectivity index (χ3v) is 11.8. The molecule has 0 aromatic heterocycles. The Morgan fingerprint density at radius 1 is 0.491 bits per heavy atom. The number of esters is 1. The molecule has 0 heterocycles. The zero-order valence-corrected chi connectivity index (χ0v) is 38.5. The molecule has 6 nitrogen and oxygen atoms in total.